The fourth-order valence-electron chi connectivity index (χ4n) is 2.82. The highest BCUT2D eigenvalue weighted by molar-refractivity contribution is 5.78. The zero-order valence-electron chi connectivity index (χ0n) is 12.7. The van der Waals surface area contributed by atoms with E-state index in [4.69, 9.17) is 0 Å². The van der Waals surface area contributed by atoms with Gasteiger partial charge in [-0.3, -0.25) is 4.79 Å². The molecule has 1 aliphatic rings. The Bertz CT molecular complexity index is 439. The molecule has 1 fully saturated rings. The molecule has 116 valence electrons. The molecule has 1 aromatic rings. The summed E-state index contributed by atoms with van der Waals surface area (Å²) in [6.07, 6.45) is 7.19. The average Bonchev–Trinajstić information content (AvgIpc) is 2.74. The summed E-state index contributed by atoms with van der Waals surface area (Å²) in [6.45, 7) is 2.28. The van der Waals surface area contributed by atoms with Gasteiger partial charge in [-0.15, -0.1) is 0 Å². The van der Waals surface area contributed by atoms with Gasteiger partial charge in [0.2, 0.25) is 5.91 Å². The maximum absolute atomic E-state index is 12.9. The van der Waals surface area contributed by atoms with Gasteiger partial charge in [-0.1, -0.05) is 37.8 Å². The van der Waals surface area contributed by atoms with Crippen LogP contribution in [0.3, 0.4) is 0 Å². The number of rotatable bonds is 5. The van der Waals surface area contributed by atoms with Crippen LogP contribution in [0, 0.1) is 5.82 Å². The van der Waals surface area contributed by atoms with E-state index in [1.807, 2.05) is 6.92 Å². The molecular formula is C17H25FN2O. The van der Waals surface area contributed by atoms with Crippen molar-refractivity contribution in [3.8, 4) is 0 Å². The lowest BCUT2D eigenvalue weighted by Gasteiger charge is -2.18. The summed E-state index contributed by atoms with van der Waals surface area (Å²) in [7, 11) is 0. The standard InChI is InChI=1S/C17H25FN2O/c1-13(14-8-10-15(18)11-9-14)19-12-17(21)20-16-6-4-2-3-5-7-16/h8-11,13,16,19H,2-7,12H2,1H3,(H,20,21). The third-order valence-corrected chi connectivity index (χ3v) is 4.16. The summed E-state index contributed by atoms with van der Waals surface area (Å²) in [4.78, 5) is 12.0. The lowest BCUT2D eigenvalue weighted by molar-refractivity contribution is -0.121. The molecule has 0 spiro atoms. The van der Waals surface area contributed by atoms with Crippen molar-refractivity contribution in [1.82, 2.24) is 10.6 Å². The van der Waals surface area contributed by atoms with E-state index >= 15 is 0 Å². The fourth-order valence-corrected chi connectivity index (χ4v) is 2.82. The second kappa shape index (κ2) is 8.13. The van der Waals surface area contributed by atoms with E-state index in [0.717, 1.165) is 18.4 Å². The molecule has 2 N–H and O–H groups in total. The Morgan fingerprint density at radius 1 is 1.19 bits per heavy atom. The molecule has 4 heteroatoms. The summed E-state index contributed by atoms with van der Waals surface area (Å²) in [5.74, 6) is -0.187. The minimum atomic E-state index is -0.239. The Morgan fingerprint density at radius 3 is 2.43 bits per heavy atom. The number of amides is 1. The van der Waals surface area contributed by atoms with Crippen molar-refractivity contribution in [2.45, 2.75) is 57.5 Å². The molecule has 0 bridgehead atoms. The second-order valence-corrected chi connectivity index (χ2v) is 5.91. The summed E-state index contributed by atoms with van der Waals surface area (Å²) in [5, 5.41) is 6.30. The first kappa shape index (κ1) is 16.0. The van der Waals surface area contributed by atoms with Crippen molar-refractivity contribution in [3.63, 3.8) is 0 Å². The Kier molecular flexibility index (Phi) is 6.18. The monoisotopic (exact) mass is 292 g/mol. The quantitative estimate of drug-likeness (QED) is 0.817. The highest BCUT2D eigenvalue weighted by Gasteiger charge is 2.15. The van der Waals surface area contributed by atoms with E-state index in [1.54, 1.807) is 12.1 Å². The van der Waals surface area contributed by atoms with Crippen LogP contribution >= 0.6 is 0 Å². The first-order chi connectivity index (χ1) is 10.1. The van der Waals surface area contributed by atoms with E-state index < -0.39 is 0 Å². The van der Waals surface area contributed by atoms with Gasteiger partial charge in [0.1, 0.15) is 5.82 Å². The predicted octanol–water partition coefficient (Wildman–Crippen LogP) is 3.32. The van der Waals surface area contributed by atoms with E-state index in [1.165, 1.54) is 37.8 Å². The van der Waals surface area contributed by atoms with Crippen molar-refractivity contribution in [2.75, 3.05) is 6.54 Å². The van der Waals surface area contributed by atoms with Gasteiger partial charge >= 0.3 is 0 Å². The zero-order chi connectivity index (χ0) is 15.1. The second-order valence-electron chi connectivity index (χ2n) is 5.91. The van der Waals surface area contributed by atoms with Crippen LogP contribution in [0.1, 0.15) is 57.1 Å². The molecule has 1 atom stereocenters. The third kappa shape index (κ3) is 5.46. The summed E-state index contributed by atoms with van der Waals surface area (Å²) >= 11 is 0. The SMILES string of the molecule is CC(NCC(=O)NC1CCCCCC1)c1ccc(F)cc1. The number of hydrogen-bond acceptors (Lipinski definition) is 2. The molecule has 1 unspecified atom stereocenters. The molecule has 1 saturated carbocycles. The fraction of sp³-hybridized carbons (Fsp3) is 0.588. The summed E-state index contributed by atoms with van der Waals surface area (Å²) in [6, 6.07) is 6.75. The van der Waals surface area contributed by atoms with Gasteiger partial charge in [0.15, 0.2) is 0 Å². The molecule has 0 saturated heterocycles. The molecule has 21 heavy (non-hydrogen) atoms. The van der Waals surface area contributed by atoms with Crippen LogP contribution in [-0.2, 0) is 4.79 Å². The van der Waals surface area contributed by atoms with Crippen molar-refractivity contribution >= 4 is 5.91 Å². The minimum Gasteiger partial charge on any atom is -0.352 e. The molecule has 2 rings (SSSR count). The number of nitrogens with one attached hydrogen (secondary N) is 2. The molecule has 0 aromatic heterocycles. The van der Waals surface area contributed by atoms with E-state index in [0.29, 0.717) is 12.6 Å². The van der Waals surface area contributed by atoms with Crippen LogP contribution in [0.2, 0.25) is 0 Å². The number of halogens is 1. The number of carbonyl (C=O) groups excluding carboxylic acids is 1. The molecule has 3 nitrogen and oxygen atoms in total. The number of hydrogen-bond donors (Lipinski definition) is 2. The van der Waals surface area contributed by atoms with Crippen LogP contribution < -0.4 is 10.6 Å². The van der Waals surface area contributed by atoms with Crippen molar-refractivity contribution in [1.29, 1.82) is 0 Å². The van der Waals surface area contributed by atoms with E-state index in [9.17, 15) is 9.18 Å². The minimum absolute atomic E-state index is 0.0329. The van der Waals surface area contributed by atoms with Crippen LogP contribution in [0.5, 0.6) is 0 Å². The van der Waals surface area contributed by atoms with Gasteiger partial charge in [0, 0.05) is 12.1 Å². The van der Waals surface area contributed by atoms with Gasteiger partial charge in [-0.2, -0.15) is 0 Å². The third-order valence-electron chi connectivity index (χ3n) is 4.16. The average molecular weight is 292 g/mol. The first-order valence-electron chi connectivity index (χ1n) is 7.93. The number of carbonyl (C=O) groups is 1. The van der Waals surface area contributed by atoms with Crippen molar-refractivity contribution in [2.24, 2.45) is 0 Å². The van der Waals surface area contributed by atoms with Crippen molar-refractivity contribution in [3.05, 3.63) is 35.6 Å². The topological polar surface area (TPSA) is 41.1 Å². The summed E-state index contributed by atoms with van der Waals surface area (Å²) in [5.41, 5.74) is 0.985. The Balaban J connectivity index is 1.73. The highest BCUT2D eigenvalue weighted by Crippen LogP contribution is 2.17. The molecule has 1 amide bonds. The van der Waals surface area contributed by atoms with Gasteiger partial charge < -0.3 is 10.6 Å². The van der Waals surface area contributed by atoms with Crippen LogP contribution in [0.25, 0.3) is 0 Å². The molecule has 1 aliphatic carbocycles. The van der Waals surface area contributed by atoms with Crippen LogP contribution in [-0.4, -0.2) is 18.5 Å². The normalized spacial score (nSPS) is 18.0. The van der Waals surface area contributed by atoms with Crippen LogP contribution in [0.4, 0.5) is 4.39 Å². The molecule has 0 radical (unpaired) electrons. The smallest absolute Gasteiger partial charge is 0.234 e. The van der Waals surface area contributed by atoms with E-state index in [-0.39, 0.29) is 17.8 Å². The van der Waals surface area contributed by atoms with Gasteiger partial charge in [0.05, 0.1) is 6.54 Å². The Labute approximate surface area is 126 Å². The van der Waals surface area contributed by atoms with Crippen LogP contribution in [0.15, 0.2) is 24.3 Å². The van der Waals surface area contributed by atoms with Gasteiger partial charge in [0.25, 0.3) is 0 Å². The number of benzene rings is 1. The van der Waals surface area contributed by atoms with Gasteiger partial charge in [-0.05, 0) is 37.5 Å². The van der Waals surface area contributed by atoms with Gasteiger partial charge in [-0.25, -0.2) is 4.39 Å². The Morgan fingerprint density at radius 2 is 1.81 bits per heavy atom. The zero-order valence-corrected chi connectivity index (χ0v) is 12.7. The highest BCUT2D eigenvalue weighted by atomic mass is 19.1. The van der Waals surface area contributed by atoms with E-state index in [2.05, 4.69) is 10.6 Å². The predicted molar refractivity (Wildman–Crippen MR) is 82.5 cm³/mol. The molecule has 1 aromatic carbocycles. The summed E-state index contributed by atoms with van der Waals surface area (Å²) < 4.78 is 12.9. The maximum atomic E-state index is 12.9. The Hall–Kier alpha value is -1.42. The first-order valence-corrected chi connectivity index (χ1v) is 7.93. The van der Waals surface area contributed by atoms with Crippen molar-refractivity contribution < 1.29 is 9.18 Å². The lowest BCUT2D eigenvalue weighted by atomic mass is 10.1. The maximum Gasteiger partial charge on any atom is 0.234 e. The molecule has 0 aliphatic heterocycles. The lowest BCUT2D eigenvalue weighted by Crippen LogP contribution is -2.40. The molecule has 0 heterocycles. The largest absolute Gasteiger partial charge is 0.352 e. The molecular weight excluding hydrogens is 267 g/mol.